The summed E-state index contributed by atoms with van der Waals surface area (Å²) in [5.41, 5.74) is 10.5. The minimum Gasteiger partial charge on any atom is -0.0654 e. The highest BCUT2D eigenvalue weighted by Crippen LogP contribution is 2.43. The van der Waals surface area contributed by atoms with Crippen LogP contribution in [0, 0.1) is 27.7 Å². The Labute approximate surface area is 255 Å². The second kappa shape index (κ2) is 12.8. The molecular formula is C42H54. The molecule has 0 unspecified atom stereocenters. The predicted octanol–water partition coefficient (Wildman–Crippen LogP) is 13.5. The van der Waals surface area contributed by atoms with Crippen molar-refractivity contribution in [1.29, 1.82) is 0 Å². The quantitative estimate of drug-likeness (QED) is 0.112. The fourth-order valence-electron chi connectivity index (χ4n) is 7.73. The van der Waals surface area contributed by atoms with E-state index in [1.54, 1.807) is 22.1 Å². The number of fused-ring (bicyclic) bond motifs is 4. The Morgan fingerprint density at radius 1 is 0.476 bits per heavy atom. The number of rotatable bonds is 11. The standard InChI is InChI=1S/C42H54/c1-10-11-12-13-14-15-16-17-18-37-38-24-35-22-33-20-29(7)28(6)19-32(33)21-34(35)23-36(38)25-39-40(26(2)3)30(8)31(9)41(27(4)5)42(37)39/h19-27H,10-18H2,1-9H3. The largest absolute Gasteiger partial charge is 0.0654 e. The first kappa shape index (κ1) is 30.6. The van der Waals surface area contributed by atoms with Gasteiger partial charge < -0.3 is 0 Å². The summed E-state index contributed by atoms with van der Waals surface area (Å²) in [5, 5.41) is 11.4. The van der Waals surface area contributed by atoms with Crippen molar-refractivity contribution in [3.63, 3.8) is 0 Å². The third kappa shape index (κ3) is 5.84. The molecule has 0 fully saturated rings. The van der Waals surface area contributed by atoms with Gasteiger partial charge in [0.2, 0.25) is 0 Å². The van der Waals surface area contributed by atoms with Crippen LogP contribution in [-0.4, -0.2) is 0 Å². The van der Waals surface area contributed by atoms with E-state index in [1.807, 2.05) is 0 Å². The summed E-state index contributed by atoms with van der Waals surface area (Å²) in [6.07, 6.45) is 12.0. The van der Waals surface area contributed by atoms with Gasteiger partial charge in [-0.15, -0.1) is 0 Å². The minimum atomic E-state index is 0.497. The van der Waals surface area contributed by atoms with Crippen molar-refractivity contribution >= 4 is 43.1 Å². The van der Waals surface area contributed by atoms with Crippen LogP contribution in [0.3, 0.4) is 0 Å². The maximum Gasteiger partial charge on any atom is -0.0105 e. The van der Waals surface area contributed by atoms with Crippen molar-refractivity contribution in [3.8, 4) is 0 Å². The highest BCUT2D eigenvalue weighted by molar-refractivity contribution is 6.12. The molecule has 0 saturated carbocycles. The fraction of sp³-hybridized carbons (Fsp3) is 0.476. The molecule has 0 aromatic heterocycles. The molecule has 5 aromatic rings. The molecule has 42 heavy (non-hydrogen) atoms. The lowest BCUT2D eigenvalue weighted by molar-refractivity contribution is 0.576. The highest BCUT2D eigenvalue weighted by atomic mass is 14.3. The molecule has 0 radical (unpaired) electrons. The first-order valence-corrected chi connectivity index (χ1v) is 17.0. The van der Waals surface area contributed by atoms with E-state index in [2.05, 4.69) is 105 Å². The molecular weight excluding hydrogens is 504 g/mol. The smallest absolute Gasteiger partial charge is 0.0105 e. The average molecular weight is 559 g/mol. The second-order valence-corrected chi connectivity index (χ2v) is 13.9. The fourth-order valence-corrected chi connectivity index (χ4v) is 7.73. The normalized spacial score (nSPS) is 12.3. The maximum absolute atomic E-state index is 2.56. The monoisotopic (exact) mass is 558 g/mol. The molecule has 5 rings (SSSR count). The molecule has 0 aliphatic heterocycles. The van der Waals surface area contributed by atoms with Crippen molar-refractivity contribution in [3.05, 3.63) is 81.4 Å². The topological polar surface area (TPSA) is 0 Å². The van der Waals surface area contributed by atoms with Gasteiger partial charge in [-0.1, -0.05) is 91.7 Å². The summed E-state index contributed by atoms with van der Waals surface area (Å²) in [7, 11) is 0. The molecule has 0 heterocycles. The van der Waals surface area contributed by atoms with Crippen molar-refractivity contribution in [2.75, 3.05) is 0 Å². The number of unbranched alkanes of at least 4 members (excludes halogenated alkanes) is 7. The molecule has 0 amide bonds. The number of hydrogen-bond acceptors (Lipinski definition) is 0. The van der Waals surface area contributed by atoms with E-state index in [0.29, 0.717) is 11.8 Å². The maximum atomic E-state index is 2.56. The number of benzene rings is 5. The van der Waals surface area contributed by atoms with Crippen molar-refractivity contribution in [2.45, 2.75) is 132 Å². The molecule has 0 aliphatic rings. The lowest BCUT2D eigenvalue weighted by Gasteiger charge is -2.26. The molecule has 0 spiro atoms. The van der Waals surface area contributed by atoms with Gasteiger partial charge in [0.15, 0.2) is 0 Å². The zero-order chi connectivity index (χ0) is 30.1. The SMILES string of the molecule is CCCCCCCCCCc1c2cc3cc4cc(C)c(C)cc4cc3cc2cc2c(C(C)C)c(C)c(C)c(C(C)C)c12. The third-order valence-corrected chi connectivity index (χ3v) is 10.1. The summed E-state index contributed by atoms with van der Waals surface area (Å²) in [6, 6.07) is 17.2. The predicted molar refractivity (Wildman–Crippen MR) is 190 cm³/mol. The molecule has 0 nitrogen and oxygen atoms in total. The molecule has 0 bridgehead atoms. The van der Waals surface area contributed by atoms with Crippen molar-refractivity contribution in [2.24, 2.45) is 0 Å². The van der Waals surface area contributed by atoms with Gasteiger partial charge >= 0.3 is 0 Å². The summed E-state index contributed by atoms with van der Waals surface area (Å²) in [4.78, 5) is 0. The summed E-state index contributed by atoms with van der Waals surface area (Å²) in [6.45, 7) is 21.1. The van der Waals surface area contributed by atoms with Gasteiger partial charge in [-0.25, -0.2) is 0 Å². The lowest BCUT2D eigenvalue weighted by Crippen LogP contribution is -2.06. The van der Waals surface area contributed by atoms with Crippen LogP contribution in [-0.2, 0) is 6.42 Å². The Balaban J connectivity index is 1.73. The van der Waals surface area contributed by atoms with E-state index in [9.17, 15) is 0 Å². The Kier molecular flexibility index (Phi) is 9.31. The van der Waals surface area contributed by atoms with Crippen LogP contribution in [0.4, 0.5) is 0 Å². The molecule has 0 N–H and O–H groups in total. The van der Waals surface area contributed by atoms with E-state index in [0.717, 1.165) is 0 Å². The first-order valence-electron chi connectivity index (χ1n) is 17.0. The van der Waals surface area contributed by atoms with Crippen LogP contribution in [0.1, 0.15) is 137 Å². The van der Waals surface area contributed by atoms with Gasteiger partial charge in [0, 0.05) is 0 Å². The number of hydrogen-bond donors (Lipinski definition) is 0. The minimum absolute atomic E-state index is 0.497. The van der Waals surface area contributed by atoms with Gasteiger partial charge in [0.05, 0.1) is 0 Å². The summed E-state index contributed by atoms with van der Waals surface area (Å²) >= 11 is 0. The van der Waals surface area contributed by atoms with Gasteiger partial charge in [-0.3, -0.25) is 0 Å². The summed E-state index contributed by atoms with van der Waals surface area (Å²) < 4.78 is 0. The molecule has 222 valence electrons. The Hall–Kier alpha value is -2.86. The first-order chi connectivity index (χ1) is 20.1. The van der Waals surface area contributed by atoms with Crippen LogP contribution in [0.15, 0.2) is 42.5 Å². The van der Waals surface area contributed by atoms with E-state index in [1.165, 1.54) is 118 Å². The van der Waals surface area contributed by atoms with Crippen LogP contribution in [0.5, 0.6) is 0 Å². The van der Waals surface area contributed by atoms with Crippen molar-refractivity contribution < 1.29 is 0 Å². The lowest BCUT2D eigenvalue weighted by atomic mass is 9.78. The van der Waals surface area contributed by atoms with Gasteiger partial charge in [0.25, 0.3) is 0 Å². The zero-order valence-electron chi connectivity index (χ0n) is 28.1. The average Bonchev–Trinajstić information content (AvgIpc) is 2.93. The molecule has 5 aromatic carbocycles. The van der Waals surface area contributed by atoms with Gasteiger partial charge in [-0.05, 0) is 165 Å². The van der Waals surface area contributed by atoms with Crippen LogP contribution >= 0.6 is 0 Å². The molecule has 0 heteroatoms. The van der Waals surface area contributed by atoms with Crippen LogP contribution in [0.25, 0.3) is 43.1 Å². The zero-order valence-corrected chi connectivity index (χ0v) is 28.1. The second-order valence-electron chi connectivity index (χ2n) is 13.9. The Bertz CT molecular complexity index is 1740. The van der Waals surface area contributed by atoms with E-state index in [4.69, 9.17) is 0 Å². The number of aryl methyl sites for hydroxylation is 3. The Morgan fingerprint density at radius 2 is 0.929 bits per heavy atom. The molecule has 0 saturated heterocycles. The molecule has 0 aliphatic carbocycles. The van der Waals surface area contributed by atoms with Gasteiger partial charge in [-0.2, -0.15) is 0 Å². The van der Waals surface area contributed by atoms with Gasteiger partial charge in [0.1, 0.15) is 0 Å². The van der Waals surface area contributed by atoms with E-state index < -0.39 is 0 Å². The molecule has 0 atom stereocenters. The Morgan fingerprint density at radius 3 is 1.50 bits per heavy atom. The van der Waals surface area contributed by atoms with Crippen molar-refractivity contribution in [1.82, 2.24) is 0 Å². The summed E-state index contributed by atoms with van der Waals surface area (Å²) in [5.74, 6) is 0.995. The van der Waals surface area contributed by atoms with Crippen LogP contribution < -0.4 is 0 Å². The highest BCUT2D eigenvalue weighted by Gasteiger charge is 2.22. The van der Waals surface area contributed by atoms with Crippen LogP contribution in [0.2, 0.25) is 0 Å². The van der Waals surface area contributed by atoms with E-state index in [-0.39, 0.29) is 0 Å². The van der Waals surface area contributed by atoms with E-state index >= 15 is 0 Å². The third-order valence-electron chi connectivity index (χ3n) is 10.1.